The van der Waals surface area contributed by atoms with Gasteiger partial charge in [-0.1, -0.05) is 23.9 Å². The molecule has 1 aliphatic rings. The smallest absolute Gasteiger partial charge is 0.219 e. The van der Waals surface area contributed by atoms with Crippen LogP contribution in [0.5, 0.6) is 5.88 Å². The zero-order valence-corrected chi connectivity index (χ0v) is 20.3. The van der Waals surface area contributed by atoms with Gasteiger partial charge in [-0.2, -0.15) is 4.98 Å². The lowest BCUT2D eigenvalue weighted by atomic mass is 10.2. The normalized spacial score (nSPS) is 15.3. The molecule has 3 rings (SSSR count). The number of nitrogens with zero attached hydrogens (tertiary/aromatic N) is 5. The van der Waals surface area contributed by atoms with Gasteiger partial charge in [0.25, 0.3) is 0 Å². The lowest BCUT2D eigenvalue weighted by Gasteiger charge is -2.33. The van der Waals surface area contributed by atoms with Gasteiger partial charge < -0.3 is 19.3 Å². The highest BCUT2D eigenvalue weighted by atomic mass is 32.2. The highest BCUT2D eigenvalue weighted by molar-refractivity contribution is 7.98. The number of methoxy groups -OCH3 is 1. The molecular formula is C21H30F2N6OS2. The molecule has 0 radical (unpaired) electrons. The van der Waals surface area contributed by atoms with Crippen LogP contribution in [0.2, 0.25) is 0 Å². The van der Waals surface area contributed by atoms with Gasteiger partial charge in [0.15, 0.2) is 16.8 Å². The molecule has 11 heteroatoms. The molecule has 0 aliphatic carbocycles. The van der Waals surface area contributed by atoms with Gasteiger partial charge in [0.05, 0.1) is 7.11 Å². The zero-order valence-electron chi connectivity index (χ0n) is 18.7. The highest BCUT2D eigenvalue weighted by Crippen LogP contribution is 2.27. The van der Waals surface area contributed by atoms with Crippen molar-refractivity contribution in [2.45, 2.75) is 17.3 Å². The summed E-state index contributed by atoms with van der Waals surface area (Å²) in [5.41, 5.74) is 0.272. The first kappa shape index (κ1) is 25.0. The van der Waals surface area contributed by atoms with Crippen molar-refractivity contribution in [3.8, 4) is 5.88 Å². The summed E-state index contributed by atoms with van der Waals surface area (Å²) < 4.78 is 38.1. The van der Waals surface area contributed by atoms with Crippen LogP contribution in [0.15, 0.2) is 29.4 Å². The summed E-state index contributed by atoms with van der Waals surface area (Å²) in [5, 5.41) is 0.432. The van der Waals surface area contributed by atoms with Crippen LogP contribution in [0.4, 0.5) is 14.6 Å². The lowest BCUT2D eigenvalue weighted by Crippen LogP contribution is -2.44. The molecule has 0 atom stereocenters. The maximum absolute atomic E-state index is 13.9. The van der Waals surface area contributed by atoms with E-state index in [2.05, 4.69) is 42.9 Å². The lowest BCUT2D eigenvalue weighted by molar-refractivity contribution is 0.189. The van der Waals surface area contributed by atoms with Crippen molar-refractivity contribution in [1.29, 1.82) is 0 Å². The fourth-order valence-corrected chi connectivity index (χ4v) is 4.69. The first-order valence-corrected chi connectivity index (χ1v) is 12.2. The van der Waals surface area contributed by atoms with Gasteiger partial charge in [0.2, 0.25) is 5.88 Å². The van der Waals surface area contributed by atoms with Crippen LogP contribution in [0.3, 0.4) is 0 Å². The van der Waals surface area contributed by atoms with E-state index in [0.717, 1.165) is 45.3 Å². The number of benzene rings is 1. The first-order chi connectivity index (χ1) is 15.4. The van der Waals surface area contributed by atoms with E-state index in [4.69, 9.17) is 4.74 Å². The Morgan fingerprint density at radius 2 is 1.94 bits per heavy atom. The number of ether oxygens (including phenoxy) is 1. The zero-order chi connectivity index (χ0) is 22.9. The molecule has 0 bridgehead atoms. The van der Waals surface area contributed by atoms with Crippen molar-refractivity contribution in [3.63, 3.8) is 0 Å². The van der Waals surface area contributed by atoms with E-state index in [0.29, 0.717) is 16.9 Å². The number of hydrogen-bond donors (Lipinski definition) is 1. The minimum absolute atomic E-state index is 0.221. The van der Waals surface area contributed by atoms with Gasteiger partial charge in [0, 0.05) is 55.7 Å². The topological polar surface area (TPSA) is 56.8 Å². The Hall–Kier alpha value is -1.66. The van der Waals surface area contributed by atoms with Gasteiger partial charge in [-0.15, -0.1) is 0 Å². The average molecular weight is 485 g/mol. The third kappa shape index (κ3) is 7.73. The summed E-state index contributed by atoms with van der Waals surface area (Å²) in [6, 6.07) is 5.87. The van der Waals surface area contributed by atoms with Gasteiger partial charge in [0.1, 0.15) is 5.82 Å². The minimum Gasteiger partial charge on any atom is -0.481 e. The quantitative estimate of drug-likeness (QED) is 0.293. The molecule has 1 saturated heterocycles. The van der Waals surface area contributed by atoms with Crippen LogP contribution in [0.1, 0.15) is 12.0 Å². The Balaban J connectivity index is 1.50. The van der Waals surface area contributed by atoms with Crippen LogP contribution < -0.4 is 9.46 Å². The molecule has 176 valence electrons. The maximum atomic E-state index is 13.9. The van der Waals surface area contributed by atoms with Crippen molar-refractivity contribution in [2.24, 2.45) is 0 Å². The second-order valence-corrected chi connectivity index (χ2v) is 9.55. The number of halogens is 2. The highest BCUT2D eigenvalue weighted by Gasteiger charge is 2.18. The van der Waals surface area contributed by atoms with E-state index in [1.54, 1.807) is 12.1 Å². The molecule has 1 aliphatic heterocycles. The van der Waals surface area contributed by atoms with Gasteiger partial charge in [-0.05, 0) is 39.7 Å². The van der Waals surface area contributed by atoms with Crippen molar-refractivity contribution in [1.82, 2.24) is 24.1 Å². The summed E-state index contributed by atoms with van der Waals surface area (Å²) in [6.45, 7) is 6.23. The third-order valence-corrected chi connectivity index (χ3v) is 6.79. The number of anilines is 1. The summed E-state index contributed by atoms with van der Waals surface area (Å²) in [4.78, 5) is 13.5. The predicted molar refractivity (Wildman–Crippen MR) is 127 cm³/mol. The molecule has 32 heavy (non-hydrogen) atoms. The van der Waals surface area contributed by atoms with Gasteiger partial charge >= 0.3 is 0 Å². The molecule has 1 aromatic carbocycles. The molecule has 1 aromatic heterocycles. The number of hydrogen-bond acceptors (Lipinski definition) is 9. The molecule has 0 unspecified atom stereocenters. The fourth-order valence-electron chi connectivity index (χ4n) is 3.19. The first-order valence-electron chi connectivity index (χ1n) is 10.5. The van der Waals surface area contributed by atoms with Crippen LogP contribution >= 0.6 is 23.9 Å². The molecule has 7 nitrogen and oxygen atoms in total. The second-order valence-electron chi connectivity index (χ2n) is 7.70. The van der Waals surface area contributed by atoms with Crippen molar-refractivity contribution >= 4 is 29.7 Å². The van der Waals surface area contributed by atoms with E-state index in [1.807, 2.05) is 0 Å². The number of aromatic nitrogens is 2. The molecule has 0 spiro atoms. The van der Waals surface area contributed by atoms with E-state index in [-0.39, 0.29) is 11.3 Å². The number of nitrogens with one attached hydrogen (secondary N) is 1. The Kier molecular flexibility index (Phi) is 9.79. The minimum atomic E-state index is -0.855. The van der Waals surface area contributed by atoms with Crippen LogP contribution in [-0.4, -0.2) is 84.5 Å². The number of rotatable bonds is 11. The summed E-state index contributed by atoms with van der Waals surface area (Å²) in [7, 11) is 5.74. The molecule has 1 fully saturated rings. The van der Waals surface area contributed by atoms with E-state index in [1.165, 1.54) is 43.5 Å². The maximum Gasteiger partial charge on any atom is 0.219 e. The van der Waals surface area contributed by atoms with Crippen molar-refractivity contribution in [3.05, 3.63) is 41.5 Å². The summed E-state index contributed by atoms with van der Waals surface area (Å²) >= 11 is 2.74. The SMILES string of the molecule is COc1cc(NSN2CCN(CCCN(C)C)CC2)nc(SCc2cccc(F)c2F)n1. The van der Waals surface area contributed by atoms with E-state index >= 15 is 0 Å². The largest absolute Gasteiger partial charge is 0.481 e. The predicted octanol–water partition coefficient (Wildman–Crippen LogP) is 3.60. The Labute approximate surface area is 197 Å². The van der Waals surface area contributed by atoms with Gasteiger partial charge in [-0.25, -0.2) is 18.1 Å². The molecule has 0 amide bonds. The standard InChI is InChI=1S/C21H30F2N6OS2/c1-27(2)8-5-9-28-10-12-29(13-11-28)32-26-18-14-19(30-3)25-21(24-18)31-15-16-6-4-7-17(22)20(16)23/h4,6-7,14H,5,8-13,15H2,1-3H3,(H,24,25,26). The van der Waals surface area contributed by atoms with Gasteiger partial charge in [-0.3, -0.25) is 0 Å². The van der Waals surface area contributed by atoms with Crippen molar-refractivity contribution in [2.75, 3.05) is 65.2 Å². The molecule has 2 heterocycles. The number of piperazine rings is 1. The monoisotopic (exact) mass is 484 g/mol. The number of thioether (sulfide) groups is 1. The average Bonchev–Trinajstić information content (AvgIpc) is 2.79. The Bertz CT molecular complexity index is 868. The second kappa shape index (κ2) is 12.5. The molecule has 0 saturated carbocycles. The molecule has 2 aromatic rings. The van der Waals surface area contributed by atoms with E-state index < -0.39 is 11.6 Å². The molecule has 1 N–H and O–H groups in total. The summed E-state index contributed by atoms with van der Waals surface area (Å²) in [6.07, 6.45) is 1.18. The van der Waals surface area contributed by atoms with Crippen LogP contribution in [0.25, 0.3) is 0 Å². The Morgan fingerprint density at radius 3 is 2.66 bits per heavy atom. The van der Waals surface area contributed by atoms with E-state index in [9.17, 15) is 8.78 Å². The van der Waals surface area contributed by atoms with Crippen LogP contribution in [-0.2, 0) is 5.75 Å². The van der Waals surface area contributed by atoms with Crippen molar-refractivity contribution < 1.29 is 13.5 Å². The van der Waals surface area contributed by atoms with Crippen LogP contribution in [0, 0.1) is 11.6 Å². The fraction of sp³-hybridized carbons (Fsp3) is 0.524. The molecular weight excluding hydrogens is 454 g/mol. The summed E-state index contributed by atoms with van der Waals surface area (Å²) in [5.74, 6) is -0.448. The Morgan fingerprint density at radius 1 is 1.16 bits per heavy atom. The third-order valence-electron chi connectivity index (χ3n) is 4.97.